The Balaban J connectivity index is 1.66. The Morgan fingerprint density at radius 2 is 1.76 bits per heavy atom. The second-order valence-electron chi connectivity index (χ2n) is 6.95. The molecule has 11 heteroatoms. The van der Waals surface area contributed by atoms with Crippen LogP contribution in [0.25, 0.3) is 11.0 Å². The topological polar surface area (TPSA) is 141 Å². The Morgan fingerprint density at radius 1 is 1.03 bits per heavy atom. The summed E-state index contributed by atoms with van der Waals surface area (Å²) in [4.78, 5) is 35.6. The van der Waals surface area contributed by atoms with Gasteiger partial charge >= 0.3 is 17.7 Å². The molecule has 33 heavy (non-hydrogen) atoms. The lowest BCUT2D eigenvalue weighted by molar-refractivity contribution is -0.143. The lowest BCUT2D eigenvalue weighted by atomic mass is 10.1. The summed E-state index contributed by atoms with van der Waals surface area (Å²) < 4.78 is 41.8. The van der Waals surface area contributed by atoms with Gasteiger partial charge in [0.2, 0.25) is 10.0 Å². The fourth-order valence-corrected chi connectivity index (χ4v) is 3.85. The molecule has 3 rings (SSSR count). The Morgan fingerprint density at radius 3 is 2.45 bits per heavy atom. The highest BCUT2D eigenvalue weighted by Crippen LogP contribution is 2.22. The fraction of sp³-hybridized carbons (Fsp3) is 0.227. The number of rotatable bonds is 8. The Labute approximate surface area is 189 Å². The van der Waals surface area contributed by atoms with E-state index in [1.54, 1.807) is 31.2 Å². The van der Waals surface area contributed by atoms with Crippen molar-refractivity contribution in [2.24, 2.45) is 0 Å². The Bertz CT molecular complexity index is 1330. The third-order valence-electron chi connectivity index (χ3n) is 4.48. The fourth-order valence-electron chi connectivity index (χ4n) is 2.88. The first-order valence-corrected chi connectivity index (χ1v) is 11.4. The van der Waals surface area contributed by atoms with E-state index in [-0.39, 0.29) is 23.7 Å². The minimum Gasteiger partial charge on any atom is -0.460 e. The number of ether oxygens (including phenoxy) is 2. The highest BCUT2D eigenvalue weighted by Gasteiger charge is 2.16. The molecular formula is C22H22N2O8S. The van der Waals surface area contributed by atoms with Crippen molar-refractivity contribution in [2.45, 2.75) is 25.3 Å². The number of nitrogens with one attached hydrogen (secondary N) is 2. The maximum atomic E-state index is 12.3. The zero-order valence-electron chi connectivity index (χ0n) is 17.9. The number of hydrogen-bond acceptors (Lipinski definition) is 8. The van der Waals surface area contributed by atoms with Gasteiger partial charge in [-0.15, -0.1) is 0 Å². The summed E-state index contributed by atoms with van der Waals surface area (Å²) in [6.07, 6.45) is -0.655. The van der Waals surface area contributed by atoms with Crippen molar-refractivity contribution >= 4 is 38.7 Å². The molecule has 0 saturated heterocycles. The van der Waals surface area contributed by atoms with Crippen molar-refractivity contribution in [3.63, 3.8) is 0 Å². The minimum atomic E-state index is -3.88. The van der Waals surface area contributed by atoms with Gasteiger partial charge in [0.25, 0.3) is 0 Å². The average molecular weight is 474 g/mol. The quantitative estimate of drug-likeness (QED) is 0.375. The van der Waals surface area contributed by atoms with Crippen LogP contribution in [-0.2, 0) is 30.9 Å². The predicted octanol–water partition coefficient (Wildman–Crippen LogP) is 2.69. The molecule has 0 saturated carbocycles. The van der Waals surface area contributed by atoms with Crippen LogP contribution in [0, 0.1) is 6.92 Å². The van der Waals surface area contributed by atoms with Gasteiger partial charge in [-0.1, -0.05) is 17.7 Å². The largest absolute Gasteiger partial charge is 0.460 e. The molecule has 0 fully saturated rings. The van der Waals surface area contributed by atoms with E-state index in [4.69, 9.17) is 13.9 Å². The number of carbonyl (C=O) groups is 2. The molecular weight excluding hydrogens is 452 g/mol. The van der Waals surface area contributed by atoms with E-state index in [1.807, 2.05) is 6.92 Å². The maximum absolute atomic E-state index is 12.3. The molecule has 1 aromatic heterocycles. The molecule has 0 radical (unpaired) electrons. The van der Waals surface area contributed by atoms with E-state index < -0.39 is 34.3 Å². The van der Waals surface area contributed by atoms with Crippen LogP contribution in [0.5, 0.6) is 0 Å². The van der Waals surface area contributed by atoms with Crippen LogP contribution >= 0.6 is 0 Å². The summed E-state index contributed by atoms with van der Waals surface area (Å²) in [7, 11) is -3.88. The van der Waals surface area contributed by atoms with E-state index in [0.29, 0.717) is 16.6 Å². The van der Waals surface area contributed by atoms with Gasteiger partial charge in [-0.2, -0.15) is 4.72 Å². The van der Waals surface area contributed by atoms with E-state index in [2.05, 4.69) is 10.0 Å². The lowest BCUT2D eigenvalue weighted by Gasteiger charge is -2.10. The van der Waals surface area contributed by atoms with Gasteiger partial charge in [-0.05, 0) is 38.1 Å². The van der Waals surface area contributed by atoms with Crippen molar-refractivity contribution in [3.05, 3.63) is 70.1 Å². The normalized spacial score (nSPS) is 11.2. The molecule has 1 amide bonds. The number of amides is 1. The number of benzene rings is 2. The molecule has 1 heterocycles. The molecule has 0 bridgehead atoms. The Kier molecular flexibility index (Phi) is 7.46. The molecule has 0 spiro atoms. The van der Waals surface area contributed by atoms with Crippen LogP contribution in [0.3, 0.4) is 0 Å². The van der Waals surface area contributed by atoms with Crippen LogP contribution in [-0.4, -0.2) is 33.6 Å². The highest BCUT2D eigenvalue weighted by molar-refractivity contribution is 7.89. The standard InChI is InChI=1S/C22H22N2O8S/c1-3-30-22(27)24-16-6-9-18-15(10-20(25)32-19(18)11-16)13-31-21(26)12-23-33(28,29)17-7-4-14(2)5-8-17/h4-11,23H,3,12-13H2,1-2H3,(H,24,27). The van der Waals surface area contributed by atoms with Crippen molar-refractivity contribution < 1.29 is 31.9 Å². The summed E-state index contributed by atoms with van der Waals surface area (Å²) in [6.45, 7) is 2.83. The maximum Gasteiger partial charge on any atom is 0.411 e. The van der Waals surface area contributed by atoms with Crippen LogP contribution in [0.4, 0.5) is 10.5 Å². The number of aryl methyl sites for hydroxylation is 1. The van der Waals surface area contributed by atoms with E-state index >= 15 is 0 Å². The molecule has 2 aromatic carbocycles. The third-order valence-corrected chi connectivity index (χ3v) is 5.90. The first-order valence-electron chi connectivity index (χ1n) is 9.90. The van der Waals surface area contributed by atoms with Gasteiger partial charge in [0.1, 0.15) is 18.7 Å². The smallest absolute Gasteiger partial charge is 0.411 e. The minimum absolute atomic E-state index is 0.0276. The molecule has 2 N–H and O–H groups in total. The molecule has 174 valence electrons. The van der Waals surface area contributed by atoms with Gasteiger partial charge in [0.05, 0.1) is 11.5 Å². The van der Waals surface area contributed by atoms with Crippen LogP contribution < -0.4 is 15.7 Å². The predicted molar refractivity (Wildman–Crippen MR) is 119 cm³/mol. The second-order valence-corrected chi connectivity index (χ2v) is 8.71. The molecule has 0 unspecified atom stereocenters. The van der Waals surface area contributed by atoms with Crippen molar-refractivity contribution in [1.82, 2.24) is 4.72 Å². The first-order chi connectivity index (χ1) is 15.7. The Hall–Kier alpha value is -3.70. The summed E-state index contributed by atoms with van der Waals surface area (Å²) >= 11 is 0. The molecule has 0 aliphatic carbocycles. The molecule has 0 atom stereocenters. The number of sulfonamides is 1. The van der Waals surface area contributed by atoms with Crippen molar-refractivity contribution in [2.75, 3.05) is 18.5 Å². The van der Waals surface area contributed by atoms with Gasteiger partial charge in [0.15, 0.2) is 0 Å². The SMILES string of the molecule is CCOC(=O)Nc1ccc2c(COC(=O)CNS(=O)(=O)c3ccc(C)cc3)cc(=O)oc2c1. The monoisotopic (exact) mass is 474 g/mol. The molecule has 3 aromatic rings. The van der Waals surface area contributed by atoms with Gasteiger partial charge < -0.3 is 13.9 Å². The van der Waals surface area contributed by atoms with E-state index in [9.17, 15) is 22.8 Å². The number of carbonyl (C=O) groups excluding carboxylic acids is 2. The highest BCUT2D eigenvalue weighted by atomic mass is 32.2. The molecule has 0 aliphatic rings. The number of esters is 1. The summed E-state index contributed by atoms with van der Waals surface area (Å²) in [5.41, 5.74) is 1.10. The van der Waals surface area contributed by atoms with Crippen molar-refractivity contribution in [1.29, 1.82) is 0 Å². The average Bonchev–Trinajstić information content (AvgIpc) is 2.76. The number of anilines is 1. The first kappa shape index (κ1) is 24.0. The van der Waals surface area contributed by atoms with Crippen LogP contribution in [0.2, 0.25) is 0 Å². The lowest BCUT2D eigenvalue weighted by Crippen LogP contribution is -2.30. The second kappa shape index (κ2) is 10.3. The summed E-state index contributed by atoms with van der Waals surface area (Å²) in [5, 5.41) is 2.98. The van der Waals surface area contributed by atoms with Crippen LogP contribution in [0.1, 0.15) is 18.1 Å². The summed E-state index contributed by atoms with van der Waals surface area (Å²) in [6, 6.07) is 11.9. The number of fused-ring (bicyclic) bond motifs is 1. The molecule has 10 nitrogen and oxygen atoms in total. The zero-order valence-corrected chi connectivity index (χ0v) is 18.7. The van der Waals surface area contributed by atoms with E-state index in [0.717, 1.165) is 5.56 Å². The number of hydrogen-bond donors (Lipinski definition) is 2. The van der Waals surface area contributed by atoms with Crippen LogP contribution in [0.15, 0.2) is 62.6 Å². The van der Waals surface area contributed by atoms with E-state index in [1.165, 1.54) is 24.3 Å². The summed E-state index contributed by atoms with van der Waals surface area (Å²) in [5.74, 6) is -0.826. The zero-order chi connectivity index (χ0) is 24.0. The third kappa shape index (κ3) is 6.40. The molecule has 0 aliphatic heterocycles. The van der Waals surface area contributed by atoms with Gasteiger partial charge in [-0.3, -0.25) is 10.1 Å². The van der Waals surface area contributed by atoms with Gasteiger partial charge in [-0.25, -0.2) is 18.0 Å². The van der Waals surface area contributed by atoms with Gasteiger partial charge in [0, 0.05) is 28.8 Å². The van der Waals surface area contributed by atoms with Crippen molar-refractivity contribution in [3.8, 4) is 0 Å².